The maximum atomic E-state index is 12.8. The predicted octanol–water partition coefficient (Wildman–Crippen LogP) is 0.401. The van der Waals surface area contributed by atoms with Crippen molar-refractivity contribution < 1.29 is 9.59 Å². The average molecular weight is 349 g/mol. The van der Waals surface area contributed by atoms with Gasteiger partial charge in [-0.1, -0.05) is 13.8 Å². The van der Waals surface area contributed by atoms with Crippen LogP contribution in [0.5, 0.6) is 0 Å². The number of amides is 2. The predicted molar refractivity (Wildman–Crippen MR) is 97.0 cm³/mol. The van der Waals surface area contributed by atoms with Gasteiger partial charge in [0.15, 0.2) is 0 Å². The van der Waals surface area contributed by atoms with E-state index in [1.54, 1.807) is 0 Å². The molecular formula is C18H31N5O2. The van der Waals surface area contributed by atoms with E-state index >= 15 is 0 Å². The number of nitrogens with zero attached hydrogens (tertiary/aromatic N) is 3. The highest BCUT2D eigenvalue weighted by atomic mass is 16.2. The smallest absolute Gasteiger partial charge is 0.227 e. The van der Waals surface area contributed by atoms with Crippen LogP contribution in [-0.2, 0) is 35.9 Å². The van der Waals surface area contributed by atoms with Crippen molar-refractivity contribution >= 4 is 11.8 Å². The first kappa shape index (κ1) is 19.4. The quantitative estimate of drug-likeness (QED) is 0.745. The van der Waals surface area contributed by atoms with Crippen LogP contribution in [0.1, 0.15) is 43.6 Å². The van der Waals surface area contributed by atoms with Crippen molar-refractivity contribution in [2.75, 3.05) is 26.2 Å². The second kappa shape index (κ2) is 8.99. The maximum absolute atomic E-state index is 12.8. The second-order valence-electron chi connectivity index (χ2n) is 6.64. The molecule has 7 heteroatoms. The Morgan fingerprint density at radius 3 is 2.72 bits per heavy atom. The Morgan fingerprint density at radius 2 is 2.08 bits per heavy atom. The average Bonchev–Trinajstić information content (AvgIpc) is 2.94. The van der Waals surface area contributed by atoms with Crippen LogP contribution in [0.3, 0.4) is 0 Å². The van der Waals surface area contributed by atoms with E-state index in [0.717, 1.165) is 49.2 Å². The molecule has 0 aromatic carbocycles. The Morgan fingerprint density at radius 1 is 1.32 bits per heavy atom. The number of rotatable bonds is 7. The Hall–Kier alpha value is -1.89. The normalized spacial score (nSPS) is 17.6. The molecule has 1 saturated heterocycles. The fraction of sp³-hybridized carbons (Fsp3) is 0.722. The first-order valence-corrected chi connectivity index (χ1v) is 9.30. The number of carbonyl (C=O) groups excluding carboxylic acids is 2. The SMILES string of the molecule is CCc1nn(C)c(CC)c1CC(=O)N1CCCC(C(=O)NCCN)C1. The van der Waals surface area contributed by atoms with Gasteiger partial charge in [-0.3, -0.25) is 14.3 Å². The van der Waals surface area contributed by atoms with Crippen molar-refractivity contribution in [2.45, 2.75) is 46.0 Å². The summed E-state index contributed by atoms with van der Waals surface area (Å²) in [5, 5.41) is 7.38. The molecule has 0 aliphatic carbocycles. The molecule has 25 heavy (non-hydrogen) atoms. The van der Waals surface area contributed by atoms with Gasteiger partial charge in [-0.15, -0.1) is 0 Å². The van der Waals surface area contributed by atoms with E-state index in [9.17, 15) is 9.59 Å². The monoisotopic (exact) mass is 349 g/mol. The van der Waals surface area contributed by atoms with Gasteiger partial charge in [-0.25, -0.2) is 0 Å². The molecule has 3 N–H and O–H groups in total. The zero-order valence-electron chi connectivity index (χ0n) is 15.7. The van der Waals surface area contributed by atoms with Gasteiger partial charge in [0.1, 0.15) is 0 Å². The largest absolute Gasteiger partial charge is 0.355 e. The van der Waals surface area contributed by atoms with E-state index in [2.05, 4.69) is 24.3 Å². The zero-order chi connectivity index (χ0) is 18.4. The molecule has 1 aromatic rings. The summed E-state index contributed by atoms with van der Waals surface area (Å²) < 4.78 is 1.89. The van der Waals surface area contributed by atoms with E-state index in [1.165, 1.54) is 0 Å². The molecule has 2 rings (SSSR count). The van der Waals surface area contributed by atoms with Crippen molar-refractivity contribution in [1.29, 1.82) is 0 Å². The molecule has 2 amide bonds. The topological polar surface area (TPSA) is 93.2 Å². The van der Waals surface area contributed by atoms with Crippen molar-refractivity contribution in [3.8, 4) is 0 Å². The van der Waals surface area contributed by atoms with Gasteiger partial charge in [0.25, 0.3) is 0 Å². The van der Waals surface area contributed by atoms with Crippen molar-refractivity contribution in [3.63, 3.8) is 0 Å². The van der Waals surface area contributed by atoms with Crippen molar-refractivity contribution in [3.05, 3.63) is 17.0 Å². The number of aromatic nitrogens is 2. The fourth-order valence-corrected chi connectivity index (χ4v) is 3.61. The minimum atomic E-state index is -0.130. The van der Waals surface area contributed by atoms with Crippen LogP contribution in [0.4, 0.5) is 0 Å². The third-order valence-corrected chi connectivity index (χ3v) is 4.94. The molecule has 7 nitrogen and oxygen atoms in total. The molecule has 1 atom stereocenters. The Labute approximate surface area is 149 Å². The first-order valence-electron chi connectivity index (χ1n) is 9.30. The van der Waals surface area contributed by atoms with E-state index in [1.807, 2.05) is 16.6 Å². The van der Waals surface area contributed by atoms with Crippen LogP contribution in [0.2, 0.25) is 0 Å². The summed E-state index contributed by atoms with van der Waals surface area (Å²) in [4.78, 5) is 26.8. The summed E-state index contributed by atoms with van der Waals surface area (Å²) >= 11 is 0. The number of aryl methyl sites for hydroxylation is 2. The number of hydrogen-bond donors (Lipinski definition) is 2. The number of likely N-dealkylation sites (tertiary alicyclic amines) is 1. The maximum Gasteiger partial charge on any atom is 0.227 e. The van der Waals surface area contributed by atoms with Crippen LogP contribution < -0.4 is 11.1 Å². The Balaban J connectivity index is 2.04. The van der Waals surface area contributed by atoms with E-state index in [4.69, 9.17) is 5.73 Å². The minimum Gasteiger partial charge on any atom is -0.355 e. The molecule has 140 valence electrons. The molecule has 1 aromatic heterocycles. The first-order chi connectivity index (χ1) is 12.0. The standard InChI is InChI=1S/C18H31N5O2/c1-4-15-14(16(5-2)22(3)21-15)11-17(24)23-10-6-7-13(12-23)18(25)20-9-8-19/h13H,4-12,19H2,1-3H3,(H,20,25). The van der Waals surface area contributed by atoms with Crippen LogP contribution in [0.25, 0.3) is 0 Å². The van der Waals surface area contributed by atoms with E-state index < -0.39 is 0 Å². The highest BCUT2D eigenvalue weighted by Gasteiger charge is 2.29. The lowest BCUT2D eigenvalue weighted by Crippen LogP contribution is -2.46. The van der Waals surface area contributed by atoms with Gasteiger partial charge >= 0.3 is 0 Å². The molecule has 0 spiro atoms. The summed E-state index contributed by atoms with van der Waals surface area (Å²) in [7, 11) is 1.94. The zero-order valence-corrected chi connectivity index (χ0v) is 15.7. The fourth-order valence-electron chi connectivity index (χ4n) is 3.61. The van der Waals surface area contributed by atoms with Crippen LogP contribution >= 0.6 is 0 Å². The number of nitrogens with two attached hydrogens (primary N) is 1. The summed E-state index contributed by atoms with van der Waals surface area (Å²) in [6.07, 6.45) is 3.74. The van der Waals surface area contributed by atoms with Gasteiger partial charge in [0, 0.05) is 44.5 Å². The summed E-state index contributed by atoms with van der Waals surface area (Å²) in [6.45, 7) is 6.29. The van der Waals surface area contributed by atoms with Gasteiger partial charge in [0.2, 0.25) is 11.8 Å². The molecule has 1 unspecified atom stereocenters. The number of piperidine rings is 1. The third-order valence-electron chi connectivity index (χ3n) is 4.94. The summed E-state index contributed by atoms with van der Waals surface area (Å²) in [5.74, 6) is -0.0315. The highest BCUT2D eigenvalue weighted by Crippen LogP contribution is 2.21. The Kier molecular flexibility index (Phi) is 6.99. The number of carbonyl (C=O) groups is 2. The lowest BCUT2D eigenvalue weighted by Gasteiger charge is -2.32. The van der Waals surface area contributed by atoms with E-state index in [-0.39, 0.29) is 17.7 Å². The molecule has 0 saturated carbocycles. The van der Waals surface area contributed by atoms with Gasteiger partial charge in [-0.05, 0) is 25.7 Å². The molecule has 1 aliphatic rings. The Bertz CT molecular complexity index is 611. The molecule has 1 fully saturated rings. The van der Waals surface area contributed by atoms with Gasteiger partial charge in [-0.2, -0.15) is 5.10 Å². The molecule has 0 bridgehead atoms. The third kappa shape index (κ3) is 4.60. The van der Waals surface area contributed by atoms with Crippen LogP contribution in [0, 0.1) is 5.92 Å². The molecular weight excluding hydrogens is 318 g/mol. The molecule has 0 radical (unpaired) electrons. The highest BCUT2D eigenvalue weighted by molar-refractivity contribution is 5.82. The molecule has 1 aliphatic heterocycles. The van der Waals surface area contributed by atoms with Gasteiger partial charge in [0.05, 0.1) is 18.0 Å². The minimum absolute atomic E-state index is 0.00724. The summed E-state index contributed by atoms with van der Waals surface area (Å²) in [5.41, 5.74) is 8.63. The van der Waals surface area contributed by atoms with E-state index in [0.29, 0.717) is 26.1 Å². The van der Waals surface area contributed by atoms with Gasteiger partial charge < -0.3 is 16.0 Å². The molecule has 2 heterocycles. The number of hydrogen-bond acceptors (Lipinski definition) is 4. The number of nitrogens with one attached hydrogen (secondary N) is 1. The van der Waals surface area contributed by atoms with Crippen LogP contribution in [0.15, 0.2) is 0 Å². The lowest BCUT2D eigenvalue weighted by molar-refractivity contribution is -0.135. The lowest BCUT2D eigenvalue weighted by atomic mass is 9.96. The van der Waals surface area contributed by atoms with Crippen LogP contribution in [-0.4, -0.2) is 52.7 Å². The summed E-state index contributed by atoms with van der Waals surface area (Å²) in [6, 6.07) is 0. The van der Waals surface area contributed by atoms with Crippen molar-refractivity contribution in [2.24, 2.45) is 18.7 Å². The second-order valence-corrected chi connectivity index (χ2v) is 6.64. The van der Waals surface area contributed by atoms with Crippen molar-refractivity contribution in [1.82, 2.24) is 20.0 Å².